The molecule has 1 N–H and O–H groups in total. The summed E-state index contributed by atoms with van der Waals surface area (Å²) < 4.78 is 15.2. The van der Waals surface area contributed by atoms with Crippen molar-refractivity contribution < 1.29 is 35.4 Å². The van der Waals surface area contributed by atoms with Gasteiger partial charge in [-0.3, -0.25) is 0 Å². The average molecular weight is 685 g/mol. The molecule has 0 amide bonds. The monoisotopic (exact) mass is 684 g/mol. The summed E-state index contributed by atoms with van der Waals surface area (Å²) in [5.74, 6) is -1.40. The first-order valence-corrected chi connectivity index (χ1v) is 12.8. The molecule has 2 aromatic heterocycles. The maximum Gasteiger partial charge on any atom is 0.354 e. The van der Waals surface area contributed by atoms with E-state index < -0.39 is 11.4 Å². The second-order valence-corrected chi connectivity index (χ2v) is 11.1. The van der Waals surface area contributed by atoms with E-state index in [1.165, 1.54) is 23.8 Å². The fourth-order valence-corrected chi connectivity index (χ4v) is 5.24. The fourth-order valence-electron chi connectivity index (χ4n) is 5.24. The van der Waals surface area contributed by atoms with Gasteiger partial charge in [-0.05, 0) is 47.2 Å². The number of carbonyl (C=O) groups is 1. The predicted octanol–water partition coefficient (Wildman–Crippen LogP) is 7.75. The first-order chi connectivity index (χ1) is 16.9. The quantitative estimate of drug-likeness (QED) is 0.234. The Bertz CT molecular complexity index is 1190. The van der Waals surface area contributed by atoms with Crippen LogP contribution in [0.3, 0.4) is 0 Å². The van der Waals surface area contributed by atoms with Crippen LogP contribution >= 0.6 is 0 Å². The number of pyridine rings is 2. The van der Waals surface area contributed by atoms with Crippen molar-refractivity contribution in [1.82, 2.24) is 9.97 Å². The van der Waals surface area contributed by atoms with Gasteiger partial charge < -0.3 is 10.1 Å². The molecule has 0 saturated carbocycles. The third-order valence-corrected chi connectivity index (χ3v) is 7.27. The van der Waals surface area contributed by atoms with Crippen molar-refractivity contribution in [2.24, 2.45) is 17.3 Å². The van der Waals surface area contributed by atoms with Crippen molar-refractivity contribution in [1.29, 1.82) is 0 Å². The van der Waals surface area contributed by atoms with E-state index in [-0.39, 0.29) is 49.8 Å². The van der Waals surface area contributed by atoms with E-state index in [2.05, 4.69) is 65.6 Å². The van der Waals surface area contributed by atoms with Crippen LogP contribution in [0.2, 0.25) is 0 Å². The Hall–Kier alpha value is -2.39. The minimum Gasteiger partial charge on any atom is -0.477 e. The summed E-state index contributed by atoms with van der Waals surface area (Å²) in [6, 6.07) is 17.3. The molecule has 2 heterocycles. The largest absolute Gasteiger partial charge is 0.477 e. The topological polar surface area (TPSA) is 63.1 Å². The van der Waals surface area contributed by atoms with E-state index in [1.807, 2.05) is 18.2 Å². The van der Waals surface area contributed by atoms with Crippen molar-refractivity contribution in [3.63, 3.8) is 0 Å². The van der Waals surface area contributed by atoms with Crippen LogP contribution in [0.5, 0.6) is 0 Å². The molecule has 202 valence electrons. The Kier molecular flexibility index (Phi) is 10.4. The molecule has 0 saturated heterocycles. The van der Waals surface area contributed by atoms with Crippen molar-refractivity contribution >= 4 is 5.97 Å². The van der Waals surface area contributed by atoms with E-state index in [4.69, 9.17) is 4.98 Å². The van der Waals surface area contributed by atoms with Crippen molar-refractivity contribution in [2.45, 2.75) is 73.1 Å². The number of nitrogens with zero attached hydrogens (tertiary/aromatic N) is 2. The van der Waals surface area contributed by atoms with Gasteiger partial charge >= 0.3 is 5.97 Å². The van der Waals surface area contributed by atoms with E-state index in [0.717, 1.165) is 24.8 Å². The number of aromatic nitrogens is 2. The molecule has 37 heavy (non-hydrogen) atoms. The minimum atomic E-state index is -1.09. The van der Waals surface area contributed by atoms with Gasteiger partial charge in [-0.25, -0.2) is 14.2 Å². The average Bonchev–Trinajstić information content (AvgIpc) is 2.83. The second-order valence-electron chi connectivity index (χ2n) is 11.1. The fraction of sp³-hybridized carbons (Fsp3) is 0.452. The van der Waals surface area contributed by atoms with Gasteiger partial charge in [0.25, 0.3) is 0 Å². The summed E-state index contributed by atoms with van der Waals surface area (Å²) in [5, 5.41) is 9.62. The van der Waals surface area contributed by atoms with Gasteiger partial charge in [0.15, 0.2) is 0 Å². The molecular formula is C31H38FN2O2Pt-. The minimum absolute atomic E-state index is 0. The van der Waals surface area contributed by atoms with Crippen LogP contribution in [0.4, 0.5) is 4.39 Å². The van der Waals surface area contributed by atoms with Gasteiger partial charge in [0.05, 0.1) is 11.1 Å². The van der Waals surface area contributed by atoms with Crippen LogP contribution in [0.15, 0.2) is 48.5 Å². The van der Waals surface area contributed by atoms with Crippen LogP contribution in [0.25, 0.3) is 11.3 Å². The SMILES string of the molecule is CCC(C)C(c1cccc(C(=O)O)n1)(c1cc(F)cc(-c2[c-]cc(CC(C)(C)C)cc2)n1)C(C)CC.[Pt]. The number of rotatable bonds is 9. The van der Waals surface area contributed by atoms with Crippen LogP contribution in [-0.4, -0.2) is 21.0 Å². The summed E-state index contributed by atoms with van der Waals surface area (Å²) in [5.41, 5.74) is 2.96. The van der Waals surface area contributed by atoms with Gasteiger partial charge in [-0.1, -0.05) is 73.8 Å². The summed E-state index contributed by atoms with van der Waals surface area (Å²) in [7, 11) is 0. The first-order valence-electron chi connectivity index (χ1n) is 12.8. The van der Waals surface area contributed by atoms with Crippen LogP contribution in [-0.2, 0) is 32.9 Å². The van der Waals surface area contributed by atoms with E-state index in [1.54, 1.807) is 6.07 Å². The zero-order valence-electron chi connectivity index (χ0n) is 22.8. The number of halogens is 1. The number of carboxylic acid groups (broad SMARTS) is 1. The van der Waals surface area contributed by atoms with E-state index >= 15 is 4.39 Å². The Balaban J connectivity index is 0.00000481. The Labute approximate surface area is 235 Å². The molecule has 0 aliphatic heterocycles. The Morgan fingerprint density at radius 3 is 2.16 bits per heavy atom. The first kappa shape index (κ1) is 30.8. The zero-order chi connectivity index (χ0) is 26.7. The predicted molar refractivity (Wildman–Crippen MR) is 143 cm³/mol. The maximum absolute atomic E-state index is 15.2. The smallest absolute Gasteiger partial charge is 0.354 e. The van der Waals surface area contributed by atoms with Gasteiger partial charge in [0, 0.05) is 26.8 Å². The third-order valence-electron chi connectivity index (χ3n) is 7.27. The summed E-state index contributed by atoms with van der Waals surface area (Å²) in [4.78, 5) is 21.3. The zero-order valence-corrected chi connectivity index (χ0v) is 25.1. The van der Waals surface area contributed by atoms with Crippen LogP contribution in [0, 0.1) is 29.1 Å². The molecule has 6 heteroatoms. The number of carboxylic acids is 1. The Morgan fingerprint density at radius 1 is 1.00 bits per heavy atom. The molecule has 0 fully saturated rings. The van der Waals surface area contributed by atoms with Gasteiger partial charge in [-0.15, -0.1) is 35.4 Å². The molecule has 0 aliphatic carbocycles. The molecule has 3 rings (SSSR count). The molecule has 1 aromatic carbocycles. The van der Waals surface area contributed by atoms with Crippen molar-refractivity contribution in [2.75, 3.05) is 0 Å². The van der Waals surface area contributed by atoms with Crippen LogP contribution < -0.4 is 0 Å². The third kappa shape index (κ3) is 6.74. The molecule has 4 nitrogen and oxygen atoms in total. The molecule has 0 bridgehead atoms. The second kappa shape index (κ2) is 12.4. The van der Waals surface area contributed by atoms with E-state index in [9.17, 15) is 9.90 Å². The molecule has 2 atom stereocenters. The normalized spacial score (nSPS) is 14.8. The number of aromatic carboxylic acids is 1. The standard InChI is InChI=1S/C31H38FN2O2.Pt/c1-8-20(3)31(21(4)9-2,27-12-10-11-25(33-27)29(35)36)28-18-24(32)17-26(34-28)23-15-13-22(14-16-23)19-30(5,6)7;/h10-15,17-18,20-21H,8-9,19H2,1-7H3,(H,35,36);/q-1;. The molecule has 0 aliphatic rings. The van der Waals surface area contributed by atoms with Crippen LogP contribution in [0.1, 0.15) is 88.7 Å². The van der Waals surface area contributed by atoms with Gasteiger partial charge in [0.2, 0.25) is 0 Å². The molecular weight excluding hydrogens is 646 g/mol. The van der Waals surface area contributed by atoms with Gasteiger partial charge in [0.1, 0.15) is 11.5 Å². The molecule has 0 radical (unpaired) electrons. The van der Waals surface area contributed by atoms with Crippen molar-refractivity contribution in [3.8, 4) is 11.3 Å². The summed E-state index contributed by atoms with van der Waals surface area (Å²) in [6.07, 6.45) is 2.51. The number of hydrogen-bond donors (Lipinski definition) is 1. The molecule has 2 unspecified atom stereocenters. The molecule has 3 aromatic rings. The molecule has 0 spiro atoms. The summed E-state index contributed by atoms with van der Waals surface area (Å²) >= 11 is 0. The van der Waals surface area contributed by atoms with E-state index in [0.29, 0.717) is 17.1 Å². The van der Waals surface area contributed by atoms with Crippen molar-refractivity contribution in [3.05, 3.63) is 83.1 Å². The number of benzene rings is 1. The number of hydrogen-bond acceptors (Lipinski definition) is 3. The Morgan fingerprint density at radius 2 is 1.65 bits per heavy atom. The maximum atomic E-state index is 15.2. The van der Waals surface area contributed by atoms with Gasteiger partial charge in [-0.2, -0.15) is 0 Å². The summed E-state index contributed by atoms with van der Waals surface area (Å²) in [6.45, 7) is 15.0.